The first kappa shape index (κ1) is 28.4. The van der Waals surface area contributed by atoms with E-state index in [2.05, 4.69) is 17.2 Å². The number of nitrogens with one attached hydrogen (secondary N) is 2. The SMILES string of the molecule is CCCCCN(C)C(=O)CCCCCCCCC(=O)Nc1ccc2[nH]c(=O)cc(C(F)(F)F)c2c1. The summed E-state index contributed by atoms with van der Waals surface area (Å²) >= 11 is 0. The van der Waals surface area contributed by atoms with Crippen LogP contribution in [0.2, 0.25) is 0 Å². The van der Waals surface area contributed by atoms with Gasteiger partial charge in [0, 0.05) is 49.1 Å². The van der Waals surface area contributed by atoms with E-state index >= 15 is 0 Å². The summed E-state index contributed by atoms with van der Waals surface area (Å²) in [5.74, 6) is -0.0702. The van der Waals surface area contributed by atoms with E-state index in [0.717, 1.165) is 57.9 Å². The number of rotatable bonds is 14. The van der Waals surface area contributed by atoms with E-state index in [-0.39, 0.29) is 34.8 Å². The van der Waals surface area contributed by atoms with Crippen LogP contribution < -0.4 is 10.9 Å². The van der Waals surface area contributed by atoms with Crippen molar-refractivity contribution >= 4 is 28.4 Å². The van der Waals surface area contributed by atoms with Gasteiger partial charge in [-0.2, -0.15) is 13.2 Å². The number of aromatic nitrogens is 1. The van der Waals surface area contributed by atoms with Gasteiger partial charge in [0.2, 0.25) is 17.4 Å². The Kier molecular flexibility index (Phi) is 11.3. The molecule has 194 valence electrons. The Bertz CT molecular complexity index is 1030. The number of amides is 2. The first-order valence-corrected chi connectivity index (χ1v) is 12.4. The van der Waals surface area contributed by atoms with Crippen LogP contribution in [0, 0.1) is 0 Å². The molecule has 6 nitrogen and oxygen atoms in total. The van der Waals surface area contributed by atoms with Crippen molar-refractivity contribution in [1.29, 1.82) is 0 Å². The number of halogens is 3. The molecule has 0 aliphatic carbocycles. The van der Waals surface area contributed by atoms with Gasteiger partial charge in [0.25, 0.3) is 0 Å². The van der Waals surface area contributed by atoms with Crippen LogP contribution in [-0.4, -0.2) is 35.3 Å². The Hall–Kier alpha value is -2.84. The van der Waals surface area contributed by atoms with Crippen molar-refractivity contribution in [3.05, 3.63) is 40.2 Å². The predicted octanol–water partition coefficient (Wildman–Crippen LogP) is 6.25. The Morgan fingerprint density at radius 3 is 2.26 bits per heavy atom. The molecule has 1 aromatic carbocycles. The molecule has 0 aliphatic rings. The highest BCUT2D eigenvalue weighted by Gasteiger charge is 2.33. The highest BCUT2D eigenvalue weighted by molar-refractivity contribution is 5.94. The number of nitrogens with zero attached hydrogens (tertiary/aromatic N) is 1. The molecule has 2 amide bonds. The molecule has 0 saturated heterocycles. The number of unbranched alkanes of at least 4 members (excludes halogenated alkanes) is 7. The zero-order chi connectivity index (χ0) is 25.8. The molecule has 0 radical (unpaired) electrons. The van der Waals surface area contributed by atoms with E-state index in [9.17, 15) is 27.6 Å². The quantitative estimate of drug-likeness (QED) is 0.304. The van der Waals surface area contributed by atoms with Gasteiger partial charge in [0.1, 0.15) is 0 Å². The third-order valence-electron chi connectivity index (χ3n) is 6.00. The molecule has 0 spiro atoms. The number of H-pyrrole nitrogens is 1. The zero-order valence-corrected chi connectivity index (χ0v) is 20.6. The van der Waals surface area contributed by atoms with Crippen LogP contribution in [0.1, 0.15) is 83.1 Å². The summed E-state index contributed by atoms with van der Waals surface area (Å²) in [4.78, 5) is 40.0. The number of carbonyl (C=O) groups is 2. The van der Waals surface area contributed by atoms with Gasteiger partial charge >= 0.3 is 6.18 Å². The van der Waals surface area contributed by atoms with E-state index in [1.165, 1.54) is 18.2 Å². The number of carbonyl (C=O) groups excluding carboxylic acids is 2. The molecule has 0 aliphatic heterocycles. The maximum atomic E-state index is 13.3. The summed E-state index contributed by atoms with van der Waals surface area (Å²) in [5.41, 5.74) is -1.54. The molecule has 0 bridgehead atoms. The van der Waals surface area contributed by atoms with Crippen molar-refractivity contribution in [2.45, 2.75) is 83.7 Å². The van der Waals surface area contributed by atoms with Gasteiger partial charge in [-0.15, -0.1) is 0 Å². The molecule has 1 aromatic heterocycles. The van der Waals surface area contributed by atoms with Gasteiger partial charge in [-0.3, -0.25) is 14.4 Å². The third kappa shape index (κ3) is 9.74. The fraction of sp³-hybridized carbons (Fsp3) is 0.577. The monoisotopic (exact) mass is 495 g/mol. The summed E-state index contributed by atoms with van der Waals surface area (Å²) in [7, 11) is 1.86. The van der Waals surface area contributed by atoms with E-state index in [1.54, 1.807) is 0 Å². The van der Waals surface area contributed by atoms with Crippen LogP contribution in [0.5, 0.6) is 0 Å². The van der Waals surface area contributed by atoms with Crippen LogP contribution in [0.15, 0.2) is 29.1 Å². The summed E-state index contributed by atoms with van der Waals surface area (Å²) in [5, 5.41) is 2.47. The van der Waals surface area contributed by atoms with Gasteiger partial charge in [-0.1, -0.05) is 45.4 Å². The first-order chi connectivity index (χ1) is 16.6. The number of hydrogen-bond acceptors (Lipinski definition) is 3. The van der Waals surface area contributed by atoms with Crippen molar-refractivity contribution in [1.82, 2.24) is 9.88 Å². The number of aromatic amines is 1. The Labute approximate surface area is 204 Å². The fourth-order valence-corrected chi connectivity index (χ4v) is 3.97. The standard InChI is InChI=1S/C26H36F3N3O3/c1-3-4-11-16-32(2)25(35)13-10-8-6-5-7-9-12-23(33)30-19-14-15-22-20(17-19)21(26(27,28)29)18-24(34)31-22/h14-15,17-18H,3-13,16H2,1-2H3,(H,30,33)(H,31,34). The lowest BCUT2D eigenvalue weighted by atomic mass is 10.1. The van der Waals surface area contributed by atoms with Crippen LogP contribution in [-0.2, 0) is 15.8 Å². The summed E-state index contributed by atoms with van der Waals surface area (Å²) in [6.07, 6.45) is 4.84. The summed E-state index contributed by atoms with van der Waals surface area (Å²) in [6, 6.07) is 4.58. The highest BCUT2D eigenvalue weighted by atomic mass is 19.4. The van der Waals surface area contributed by atoms with Crippen LogP contribution in [0.25, 0.3) is 10.9 Å². The van der Waals surface area contributed by atoms with Crippen molar-refractivity contribution in [2.75, 3.05) is 18.9 Å². The largest absolute Gasteiger partial charge is 0.417 e. The van der Waals surface area contributed by atoms with E-state index in [1.807, 2.05) is 11.9 Å². The van der Waals surface area contributed by atoms with Gasteiger partial charge < -0.3 is 15.2 Å². The molecule has 35 heavy (non-hydrogen) atoms. The van der Waals surface area contributed by atoms with Crippen LogP contribution in [0.4, 0.5) is 18.9 Å². The molecule has 2 N–H and O–H groups in total. The van der Waals surface area contributed by atoms with E-state index < -0.39 is 17.3 Å². The van der Waals surface area contributed by atoms with Crippen LogP contribution in [0.3, 0.4) is 0 Å². The highest BCUT2D eigenvalue weighted by Crippen LogP contribution is 2.34. The van der Waals surface area contributed by atoms with Gasteiger partial charge in [-0.25, -0.2) is 0 Å². The number of benzene rings is 1. The van der Waals surface area contributed by atoms with Gasteiger partial charge in [-0.05, 0) is 37.5 Å². The number of fused-ring (bicyclic) bond motifs is 1. The fourth-order valence-electron chi connectivity index (χ4n) is 3.97. The minimum absolute atomic E-state index is 0.0626. The summed E-state index contributed by atoms with van der Waals surface area (Å²) in [6.45, 7) is 2.96. The van der Waals surface area contributed by atoms with Crippen molar-refractivity contribution in [3.8, 4) is 0 Å². The maximum absolute atomic E-state index is 13.3. The smallest absolute Gasteiger partial charge is 0.346 e. The second-order valence-corrected chi connectivity index (χ2v) is 9.00. The van der Waals surface area contributed by atoms with Crippen molar-refractivity contribution in [3.63, 3.8) is 0 Å². The summed E-state index contributed by atoms with van der Waals surface area (Å²) < 4.78 is 39.8. The Morgan fingerprint density at radius 2 is 1.60 bits per heavy atom. The lowest BCUT2D eigenvalue weighted by Crippen LogP contribution is -2.27. The Balaban J connectivity index is 1.68. The minimum atomic E-state index is -4.67. The molecule has 0 unspecified atom stereocenters. The number of hydrogen-bond donors (Lipinski definition) is 2. The molecule has 0 atom stereocenters. The molecule has 2 aromatic rings. The third-order valence-corrected chi connectivity index (χ3v) is 6.00. The number of alkyl halides is 3. The van der Waals surface area contributed by atoms with E-state index in [4.69, 9.17) is 0 Å². The number of pyridine rings is 1. The van der Waals surface area contributed by atoms with Crippen molar-refractivity contribution < 1.29 is 22.8 Å². The first-order valence-electron chi connectivity index (χ1n) is 12.4. The average Bonchev–Trinajstić information content (AvgIpc) is 2.79. The molecule has 9 heteroatoms. The Morgan fingerprint density at radius 1 is 0.943 bits per heavy atom. The van der Waals surface area contributed by atoms with Crippen molar-refractivity contribution in [2.24, 2.45) is 0 Å². The maximum Gasteiger partial charge on any atom is 0.417 e. The normalized spacial score (nSPS) is 11.6. The molecule has 2 rings (SSSR count). The average molecular weight is 496 g/mol. The second kappa shape index (κ2) is 13.9. The van der Waals surface area contributed by atoms with Gasteiger partial charge in [0.15, 0.2) is 0 Å². The molecule has 0 fully saturated rings. The number of anilines is 1. The molecule has 1 heterocycles. The molecular formula is C26H36F3N3O3. The minimum Gasteiger partial charge on any atom is -0.346 e. The van der Waals surface area contributed by atoms with E-state index in [0.29, 0.717) is 18.9 Å². The zero-order valence-electron chi connectivity index (χ0n) is 20.6. The topological polar surface area (TPSA) is 82.3 Å². The second-order valence-electron chi connectivity index (χ2n) is 9.00. The lowest BCUT2D eigenvalue weighted by Gasteiger charge is -2.16. The lowest BCUT2D eigenvalue weighted by molar-refractivity contribution is -0.136. The van der Waals surface area contributed by atoms with Gasteiger partial charge in [0.05, 0.1) is 5.56 Å². The molecular weight excluding hydrogens is 459 g/mol. The van der Waals surface area contributed by atoms with Crippen LogP contribution >= 0.6 is 0 Å². The predicted molar refractivity (Wildman–Crippen MR) is 132 cm³/mol. The molecule has 0 saturated carbocycles.